The van der Waals surface area contributed by atoms with Crippen LogP contribution in [0.5, 0.6) is 5.75 Å². The van der Waals surface area contributed by atoms with Gasteiger partial charge in [-0.1, -0.05) is 35.9 Å². The second kappa shape index (κ2) is 6.73. The van der Waals surface area contributed by atoms with Gasteiger partial charge in [0.2, 0.25) is 0 Å². The third kappa shape index (κ3) is 3.59. The van der Waals surface area contributed by atoms with Crippen LogP contribution >= 0.6 is 0 Å². The van der Waals surface area contributed by atoms with E-state index < -0.39 is 0 Å². The van der Waals surface area contributed by atoms with Crippen LogP contribution in [-0.2, 0) is 13.1 Å². The van der Waals surface area contributed by atoms with Crippen LogP contribution in [0.25, 0.3) is 5.69 Å². The first-order valence-electron chi connectivity index (χ1n) is 8.75. The summed E-state index contributed by atoms with van der Waals surface area (Å²) < 4.78 is 8.03. The number of para-hydroxylation sites is 1. The van der Waals surface area contributed by atoms with E-state index in [2.05, 4.69) is 60.4 Å². The molecule has 0 saturated heterocycles. The van der Waals surface area contributed by atoms with Gasteiger partial charge in [0.05, 0.1) is 11.9 Å². The number of rotatable bonds is 3. The molecule has 4 nitrogen and oxygen atoms in total. The molecule has 0 N–H and O–H groups in total. The number of nitrogens with zero attached hydrogens (tertiary/aromatic N) is 3. The molecule has 4 heteroatoms. The zero-order chi connectivity index (χ0) is 17.2. The third-order valence-electron chi connectivity index (χ3n) is 4.52. The molecule has 1 unspecified atom stereocenters. The smallest absolute Gasteiger partial charge is 0.124 e. The van der Waals surface area contributed by atoms with E-state index in [1.165, 1.54) is 16.7 Å². The molecular formula is C21H23N3O. The van der Waals surface area contributed by atoms with Gasteiger partial charge < -0.3 is 4.74 Å². The van der Waals surface area contributed by atoms with Gasteiger partial charge in [-0.3, -0.25) is 4.90 Å². The van der Waals surface area contributed by atoms with Gasteiger partial charge in [0.1, 0.15) is 11.9 Å². The van der Waals surface area contributed by atoms with Gasteiger partial charge in [-0.05, 0) is 32.0 Å². The van der Waals surface area contributed by atoms with Gasteiger partial charge >= 0.3 is 0 Å². The van der Waals surface area contributed by atoms with E-state index in [1.54, 1.807) is 0 Å². The summed E-state index contributed by atoms with van der Waals surface area (Å²) in [4.78, 5) is 2.43. The SMILES string of the molecule is Cc1ccc2c(c1)CN(Cc1cnn(-c3ccccc3)c1)CC(C)O2. The predicted octanol–water partition coefficient (Wildman–Crippen LogP) is 3.96. The lowest BCUT2D eigenvalue weighted by Gasteiger charge is -2.21. The van der Waals surface area contributed by atoms with Crippen molar-refractivity contribution >= 4 is 0 Å². The maximum atomic E-state index is 6.09. The van der Waals surface area contributed by atoms with Gasteiger partial charge in [-0.15, -0.1) is 0 Å². The predicted molar refractivity (Wildman–Crippen MR) is 98.9 cm³/mol. The summed E-state index contributed by atoms with van der Waals surface area (Å²) in [6, 6.07) is 16.7. The van der Waals surface area contributed by atoms with Crippen molar-refractivity contribution in [1.29, 1.82) is 0 Å². The van der Waals surface area contributed by atoms with Crippen LogP contribution in [0.3, 0.4) is 0 Å². The number of hydrogen-bond donors (Lipinski definition) is 0. The fourth-order valence-electron chi connectivity index (χ4n) is 3.41. The molecule has 1 aliphatic heterocycles. The molecule has 3 aromatic rings. The second-order valence-electron chi connectivity index (χ2n) is 6.84. The fraction of sp³-hybridized carbons (Fsp3) is 0.286. The van der Waals surface area contributed by atoms with Crippen molar-refractivity contribution in [3.05, 3.63) is 77.6 Å². The van der Waals surface area contributed by atoms with Crippen molar-refractivity contribution in [3.63, 3.8) is 0 Å². The zero-order valence-electron chi connectivity index (χ0n) is 14.7. The quantitative estimate of drug-likeness (QED) is 0.727. The fourth-order valence-corrected chi connectivity index (χ4v) is 3.41. The van der Waals surface area contributed by atoms with Crippen molar-refractivity contribution in [3.8, 4) is 11.4 Å². The summed E-state index contributed by atoms with van der Waals surface area (Å²) in [7, 11) is 0. The van der Waals surface area contributed by atoms with Crippen LogP contribution in [-0.4, -0.2) is 27.3 Å². The van der Waals surface area contributed by atoms with Gasteiger partial charge in [0.25, 0.3) is 0 Å². The summed E-state index contributed by atoms with van der Waals surface area (Å²) in [6.45, 7) is 6.94. The monoisotopic (exact) mass is 333 g/mol. The Labute approximate surface area is 148 Å². The minimum absolute atomic E-state index is 0.174. The molecule has 0 aliphatic carbocycles. The molecule has 0 amide bonds. The number of aromatic nitrogens is 2. The lowest BCUT2D eigenvalue weighted by Crippen LogP contribution is -2.30. The molecular weight excluding hydrogens is 310 g/mol. The van der Waals surface area contributed by atoms with Crippen LogP contribution in [0.4, 0.5) is 0 Å². The van der Waals surface area contributed by atoms with Gasteiger partial charge in [-0.25, -0.2) is 4.68 Å². The Morgan fingerprint density at radius 1 is 1.16 bits per heavy atom. The Balaban J connectivity index is 1.53. The van der Waals surface area contributed by atoms with Crippen molar-refractivity contribution in [2.24, 2.45) is 0 Å². The second-order valence-corrected chi connectivity index (χ2v) is 6.84. The first kappa shape index (κ1) is 15.9. The van der Waals surface area contributed by atoms with Crippen LogP contribution in [0.2, 0.25) is 0 Å². The largest absolute Gasteiger partial charge is 0.489 e. The highest BCUT2D eigenvalue weighted by molar-refractivity contribution is 5.37. The summed E-state index contributed by atoms with van der Waals surface area (Å²) in [5.74, 6) is 1.01. The van der Waals surface area contributed by atoms with Crippen LogP contribution < -0.4 is 4.74 Å². The zero-order valence-corrected chi connectivity index (χ0v) is 14.7. The average Bonchev–Trinajstić information content (AvgIpc) is 3.00. The molecule has 0 bridgehead atoms. The van der Waals surface area contributed by atoms with Crippen molar-refractivity contribution in [2.75, 3.05) is 6.54 Å². The minimum Gasteiger partial charge on any atom is -0.489 e. The maximum Gasteiger partial charge on any atom is 0.124 e. The molecule has 1 atom stereocenters. The van der Waals surface area contributed by atoms with Gasteiger partial charge in [-0.2, -0.15) is 5.10 Å². The number of hydrogen-bond acceptors (Lipinski definition) is 3. The Hall–Kier alpha value is -2.59. The van der Waals surface area contributed by atoms with E-state index >= 15 is 0 Å². The van der Waals surface area contributed by atoms with E-state index in [4.69, 9.17) is 4.74 Å². The Morgan fingerprint density at radius 2 is 2.00 bits per heavy atom. The maximum absolute atomic E-state index is 6.09. The molecule has 0 radical (unpaired) electrons. The van der Waals surface area contributed by atoms with E-state index in [9.17, 15) is 0 Å². The van der Waals surface area contributed by atoms with Gasteiger partial charge in [0.15, 0.2) is 0 Å². The Kier molecular flexibility index (Phi) is 4.28. The summed E-state index contributed by atoms with van der Waals surface area (Å²) in [5, 5.41) is 4.51. The first-order valence-corrected chi connectivity index (χ1v) is 8.75. The standard InChI is InChI=1S/C21H23N3O/c1-16-8-9-21-19(10-16)15-23(12-17(2)25-21)13-18-11-22-24(14-18)20-6-4-3-5-7-20/h3-11,14,17H,12-13,15H2,1-2H3. The number of ether oxygens (including phenoxy) is 1. The minimum atomic E-state index is 0.174. The van der Waals surface area contributed by atoms with Gasteiger partial charge in [0, 0.05) is 37.0 Å². The summed E-state index contributed by atoms with van der Waals surface area (Å²) >= 11 is 0. The molecule has 0 saturated carbocycles. The lowest BCUT2D eigenvalue weighted by molar-refractivity contribution is 0.156. The first-order chi connectivity index (χ1) is 12.2. The topological polar surface area (TPSA) is 30.3 Å². The number of aryl methyl sites for hydroxylation is 1. The highest BCUT2D eigenvalue weighted by atomic mass is 16.5. The average molecular weight is 333 g/mol. The molecule has 2 aromatic carbocycles. The highest BCUT2D eigenvalue weighted by Crippen LogP contribution is 2.27. The normalized spacial score (nSPS) is 17.6. The Bertz CT molecular complexity index is 857. The van der Waals surface area contributed by atoms with Crippen LogP contribution in [0, 0.1) is 6.92 Å². The molecule has 25 heavy (non-hydrogen) atoms. The Morgan fingerprint density at radius 3 is 2.84 bits per heavy atom. The van der Waals surface area contributed by atoms with Crippen molar-refractivity contribution in [1.82, 2.24) is 14.7 Å². The summed E-state index contributed by atoms with van der Waals surface area (Å²) in [5.41, 5.74) is 4.84. The molecule has 0 fully saturated rings. The van der Waals surface area contributed by atoms with E-state index in [-0.39, 0.29) is 6.10 Å². The highest BCUT2D eigenvalue weighted by Gasteiger charge is 2.20. The van der Waals surface area contributed by atoms with E-state index in [1.807, 2.05) is 29.1 Å². The third-order valence-corrected chi connectivity index (χ3v) is 4.52. The molecule has 2 heterocycles. The number of benzene rings is 2. The van der Waals surface area contributed by atoms with E-state index in [0.29, 0.717) is 0 Å². The summed E-state index contributed by atoms with van der Waals surface area (Å²) in [6.07, 6.45) is 4.25. The molecule has 1 aromatic heterocycles. The van der Waals surface area contributed by atoms with Crippen molar-refractivity contribution < 1.29 is 4.74 Å². The molecule has 0 spiro atoms. The van der Waals surface area contributed by atoms with Crippen molar-refractivity contribution in [2.45, 2.75) is 33.0 Å². The molecule has 128 valence electrons. The van der Waals surface area contributed by atoms with Crippen LogP contribution in [0.1, 0.15) is 23.6 Å². The van der Waals surface area contributed by atoms with E-state index in [0.717, 1.165) is 31.1 Å². The van der Waals surface area contributed by atoms with Crippen LogP contribution in [0.15, 0.2) is 60.9 Å². The molecule has 1 aliphatic rings. The lowest BCUT2D eigenvalue weighted by atomic mass is 10.1. The molecule has 4 rings (SSSR count). The number of fused-ring (bicyclic) bond motifs is 1.